The molecule has 7 nitrogen and oxygen atoms in total. The van der Waals surface area contributed by atoms with Crippen LogP contribution in [0, 0.1) is 0 Å². The van der Waals surface area contributed by atoms with Crippen molar-refractivity contribution >= 4 is 38.1 Å². The number of nitrogens with zero attached hydrogens (tertiary/aromatic N) is 2. The summed E-state index contributed by atoms with van der Waals surface area (Å²) >= 11 is 6.98. The van der Waals surface area contributed by atoms with Gasteiger partial charge < -0.3 is 9.47 Å². The van der Waals surface area contributed by atoms with Crippen LogP contribution in [0.5, 0.6) is 11.5 Å². The maximum Gasteiger partial charge on any atom is 0.267 e. The van der Waals surface area contributed by atoms with Gasteiger partial charge >= 0.3 is 0 Å². The molecule has 0 saturated heterocycles. The number of sulfonamides is 1. The standard InChI is InChI=1S/C16H14ClN3O4S2/c1-23-12-7-8-13(24-2)14(9-12)26(21,22)20-16-19-18-15(25-16)10-3-5-11(17)6-4-10/h3-9H,1-2H3,(H,19,20). The van der Waals surface area contributed by atoms with Crippen LogP contribution in [0.3, 0.4) is 0 Å². The molecule has 2 aromatic carbocycles. The Morgan fingerprint density at radius 2 is 1.77 bits per heavy atom. The van der Waals surface area contributed by atoms with E-state index in [0.29, 0.717) is 15.8 Å². The van der Waals surface area contributed by atoms with E-state index in [2.05, 4.69) is 14.9 Å². The summed E-state index contributed by atoms with van der Waals surface area (Å²) in [5, 5.41) is 9.22. The van der Waals surface area contributed by atoms with Crippen molar-refractivity contribution in [2.24, 2.45) is 0 Å². The highest BCUT2D eigenvalue weighted by Crippen LogP contribution is 2.32. The molecular formula is C16H14ClN3O4S2. The molecule has 0 fully saturated rings. The summed E-state index contributed by atoms with van der Waals surface area (Å²) in [6, 6.07) is 11.5. The average molecular weight is 412 g/mol. The molecule has 10 heteroatoms. The molecular weight excluding hydrogens is 398 g/mol. The van der Waals surface area contributed by atoms with Gasteiger partial charge in [-0.2, -0.15) is 0 Å². The van der Waals surface area contributed by atoms with Crippen molar-refractivity contribution in [2.45, 2.75) is 4.90 Å². The fourth-order valence-corrected chi connectivity index (χ4v) is 4.43. The Kier molecular flexibility index (Phi) is 5.30. The van der Waals surface area contributed by atoms with E-state index >= 15 is 0 Å². The summed E-state index contributed by atoms with van der Waals surface area (Å²) in [4.78, 5) is -0.0532. The lowest BCUT2D eigenvalue weighted by atomic mass is 10.2. The summed E-state index contributed by atoms with van der Waals surface area (Å²) < 4.78 is 38.1. The number of benzene rings is 2. The summed E-state index contributed by atoms with van der Waals surface area (Å²) in [6.07, 6.45) is 0. The number of rotatable bonds is 6. The SMILES string of the molecule is COc1ccc(OC)c(S(=O)(=O)Nc2nnc(-c3ccc(Cl)cc3)s2)c1. The minimum atomic E-state index is -3.93. The lowest BCUT2D eigenvalue weighted by Crippen LogP contribution is -2.14. The Bertz CT molecular complexity index is 1020. The fraction of sp³-hybridized carbons (Fsp3) is 0.125. The van der Waals surface area contributed by atoms with E-state index in [4.69, 9.17) is 21.1 Å². The summed E-state index contributed by atoms with van der Waals surface area (Å²) in [7, 11) is -1.09. The molecule has 26 heavy (non-hydrogen) atoms. The highest BCUT2D eigenvalue weighted by molar-refractivity contribution is 7.93. The van der Waals surface area contributed by atoms with E-state index in [1.165, 1.54) is 26.4 Å². The molecule has 0 aliphatic carbocycles. The van der Waals surface area contributed by atoms with Crippen LogP contribution in [0.4, 0.5) is 5.13 Å². The van der Waals surface area contributed by atoms with Crippen LogP contribution < -0.4 is 14.2 Å². The third-order valence-corrected chi connectivity index (χ3v) is 6.03. The molecule has 0 atom stereocenters. The molecule has 0 unspecified atom stereocenters. The lowest BCUT2D eigenvalue weighted by Gasteiger charge is -2.11. The number of ether oxygens (including phenoxy) is 2. The topological polar surface area (TPSA) is 90.4 Å². The van der Waals surface area contributed by atoms with Gasteiger partial charge in [-0.1, -0.05) is 35.1 Å². The predicted molar refractivity (Wildman–Crippen MR) is 101 cm³/mol. The number of methoxy groups -OCH3 is 2. The number of aromatic nitrogens is 2. The molecule has 0 bridgehead atoms. The van der Waals surface area contributed by atoms with E-state index < -0.39 is 10.0 Å². The van der Waals surface area contributed by atoms with Crippen LogP contribution in [0.15, 0.2) is 47.4 Å². The Hall–Kier alpha value is -2.36. The van der Waals surface area contributed by atoms with E-state index in [1.54, 1.807) is 30.3 Å². The zero-order valence-corrected chi connectivity index (χ0v) is 16.2. The van der Waals surface area contributed by atoms with Crippen molar-refractivity contribution in [1.29, 1.82) is 0 Å². The van der Waals surface area contributed by atoms with E-state index in [1.807, 2.05) is 0 Å². The summed E-state index contributed by atoms with van der Waals surface area (Å²) in [5.41, 5.74) is 0.788. The zero-order valence-electron chi connectivity index (χ0n) is 13.8. The van der Waals surface area contributed by atoms with Gasteiger partial charge in [-0.25, -0.2) is 8.42 Å². The molecule has 0 saturated carbocycles. The van der Waals surface area contributed by atoms with Crippen LogP contribution in [0.1, 0.15) is 0 Å². The zero-order chi connectivity index (χ0) is 18.7. The first-order chi connectivity index (χ1) is 12.4. The third-order valence-electron chi connectivity index (χ3n) is 3.40. The number of halogens is 1. The van der Waals surface area contributed by atoms with Gasteiger partial charge in [0.05, 0.1) is 14.2 Å². The minimum absolute atomic E-state index is 0.0532. The molecule has 3 aromatic rings. The third kappa shape index (κ3) is 3.90. The first-order valence-corrected chi connectivity index (χ1v) is 9.95. The van der Waals surface area contributed by atoms with Crippen LogP contribution in [0.2, 0.25) is 5.02 Å². The quantitative estimate of drug-likeness (QED) is 0.665. The van der Waals surface area contributed by atoms with E-state index in [9.17, 15) is 8.42 Å². The van der Waals surface area contributed by atoms with Crippen molar-refractivity contribution in [3.8, 4) is 22.1 Å². The van der Waals surface area contributed by atoms with E-state index in [0.717, 1.165) is 16.9 Å². The molecule has 0 radical (unpaired) electrons. The molecule has 0 aliphatic heterocycles. The predicted octanol–water partition coefficient (Wildman–Crippen LogP) is 3.68. The summed E-state index contributed by atoms with van der Waals surface area (Å²) in [6.45, 7) is 0. The Balaban J connectivity index is 1.90. The van der Waals surface area contributed by atoms with Gasteiger partial charge in [0.25, 0.3) is 10.0 Å². The van der Waals surface area contributed by atoms with Gasteiger partial charge in [0.1, 0.15) is 21.4 Å². The highest BCUT2D eigenvalue weighted by Gasteiger charge is 2.22. The Morgan fingerprint density at radius 3 is 2.42 bits per heavy atom. The molecule has 1 heterocycles. The number of hydrogen-bond acceptors (Lipinski definition) is 7. The first kappa shape index (κ1) is 18.4. The van der Waals surface area contributed by atoms with Gasteiger partial charge in [-0.05, 0) is 24.3 Å². The number of hydrogen-bond donors (Lipinski definition) is 1. The molecule has 136 valence electrons. The van der Waals surface area contributed by atoms with Crippen molar-refractivity contribution < 1.29 is 17.9 Å². The maximum atomic E-state index is 12.7. The molecule has 0 spiro atoms. The van der Waals surface area contributed by atoms with Crippen molar-refractivity contribution in [1.82, 2.24) is 10.2 Å². The molecule has 0 aliphatic rings. The van der Waals surface area contributed by atoms with Crippen molar-refractivity contribution in [3.63, 3.8) is 0 Å². The van der Waals surface area contributed by atoms with Gasteiger partial charge in [-0.3, -0.25) is 4.72 Å². The lowest BCUT2D eigenvalue weighted by molar-refractivity contribution is 0.392. The second kappa shape index (κ2) is 7.48. The van der Waals surface area contributed by atoms with Gasteiger partial charge in [0.2, 0.25) is 5.13 Å². The smallest absolute Gasteiger partial charge is 0.267 e. The van der Waals surface area contributed by atoms with Crippen LogP contribution in [0.25, 0.3) is 10.6 Å². The highest BCUT2D eigenvalue weighted by atomic mass is 35.5. The Labute approximate surface area is 159 Å². The normalized spacial score (nSPS) is 11.2. The second-order valence-corrected chi connectivity index (χ2v) is 8.11. The van der Waals surface area contributed by atoms with Crippen LogP contribution in [-0.2, 0) is 10.0 Å². The number of nitrogens with one attached hydrogen (secondary N) is 1. The molecule has 3 rings (SSSR count). The average Bonchev–Trinajstić information content (AvgIpc) is 3.09. The van der Waals surface area contributed by atoms with Crippen LogP contribution >= 0.6 is 22.9 Å². The largest absolute Gasteiger partial charge is 0.497 e. The molecule has 1 N–H and O–H groups in total. The van der Waals surface area contributed by atoms with Crippen molar-refractivity contribution in [2.75, 3.05) is 18.9 Å². The molecule has 1 aromatic heterocycles. The summed E-state index contributed by atoms with van der Waals surface area (Å²) in [5.74, 6) is 0.589. The van der Waals surface area contributed by atoms with E-state index in [-0.39, 0.29) is 15.8 Å². The monoisotopic (exact) mass is 411 g/mol. The fourth-order valence-electron chi connectivity index (χ4n) is 2.14. The van der Waals surface area contributed by atoms with Gasteiger partial charge in [0.15, 0.2) is 0 Å². The molecule has 0 amide bonds. The Morgan fingerprint density at radius 1 is 1.04 bits per heavy atom. The minimum Gasteiger partial charge on any atom is -0.497 e. The van der Waals surface area contributed by atoms with Crippen molar-refractivity contribution in [3.05, 3.63) is 47.5 Å². The maximum absolute atomic E-state index is 12.7. The van der Waals surface area contributed by atoms with Crippen LogP contribution in [-0.4, -0.2) is 32.8 Å². The second-order valence-electron chi connectivity index (χ2n) is 5.04. The van der Waals surface area contributed by atoms with Gasteiger partial charge in [-0.15, -0.1) is 10.2 Å². The first-order valence-electron chi connectivity index (χ1n) is 7.27. The van der Waals surface area contributed by atoms with Gasteiger partial charge in [0, 0.05) is 16.7 Å². The number of anilines is 1.